The van der Waals surface area contributed by atoms with Crippen molar-refractivity contribution >= 4 is 17.4 Å². The highest BCUT2D eigenvalue weighted by molar-refractivity contribution is 6.30. The van der Waals surface area contributed by atoms with Crippen LogP contribution in [0.5, 0.6) is 0 Å². The number of pyridine rings is 1. The van der Waals surface area contributed by atoms with Crippen LogP contribution in [0.25, 0.3) is 0 Å². The van der Waals surface area contributed by atoms with Gasteiger partial charge in [-0.05, 0) is 30.3 Å². The van der Waals surface area contributed by atoms with Gasteiger partial charge in [0.05, 0.1) is 22.3 Å². The lowest BCUT2D eigenvalue weighted by Gasteiger charge is -2.10. The van der Waals surface area contributed by atoms with Crippen LogP contribution in [0, 0.1) is 17.1 Å². The first-order valence-electron chi connectivity index (χ1n) is 6.16. The third-order valence-corrected chi connectivity index (χ3v) is 3.31. The SMILES string of the molecule is N#C[C@@H](C(=O)c1ccc(Cl)c(F)c1)c1ccc(C(F)(F)F)cn1. The van der Waals surface area contributed by atoms with E-state index in [1.165, 1.54) is 6.07 Å². The molecule has 0 aliphatic rings. The zero-order chi connectivity index (χ0) is 17.2. The number of ketones is 1. The van der Waals surface area contributed by atoms with Gasteiger partial charge in [0.1, 0.15) is 5.82 Å². The second-order valence-corrected chi connectivity index (χ2v) is 4.93. The highest BCUT2D eigenvalue weighted by Crippen LogP contribution is 2.29. The third-order valence-electron chi connectivity index (χ3n) is 3.00. The van der Waals surface area contributed by atoms with Crippen molar-refractivity contribution in [2.45, 2.75) is 12.1 Å². The second kappa shape index (κ2) is 6.34. The highest BCUT2D eigenvalue weighted by Gasteiger charge is 2.31. The first kappa shape index (κ1) is 16.9. The molecule has 0 amide bonds. The van der Waals surface area contributed by atoms with E-state index < -0.39 is 29.3 Å². The molecule has 2 aromatic rings. The van der Waals surface area contributed by atoms with E-state index in [0.717, 1.165) is 24.3 Å². The minimum absolute atomic E-state index is 0.125. The van der Waals surface area contributed by atoms with E-state index in [1.54, 1.807) is 6.07 Å². The minimum atomic E-state index is -4.57. The van der Waals surface area contributed by atoms with Gasteiger partial charge >= 0.3 is 6.18 Å². The number of halogens is 5. The standard InChI is InChI=1S/C15H7ClF4N2O/c16-11-3-1-8(5-12(11)17)14(23)10(6-21)13-4-2-9(7-22-13)15(18,19)20/h1-5,7,10H/t10-/m1/s1. The number of carbonyl (C=O) groups excluding carboxylic acids is 1. The van der Waals surface area contributed by atoms with E-state index in [2.05, 4.69) is 4.98 Å². The summed E-state index contributed by atoms with van der Waals surface area (Å²) >= 11 is 5.51. The summed E-state index contributed by atoms with van der Waals surface area (Å²) in [7, 11) is 0. The molecule has 0 unspecified atom stereocenters. The maximum Gasteiger partial charge on any atom is 0.417 e. The quantitative estimate of drug-likeness (QED) is 0.614. The molecule has 118 valence electrons. The van der Waals surface area contributed by atoms with Crippen molar-refractivity contribution < 1.29 is 22.4 Å². The molecule has 2 rings (SSSR count). The number of alkyl halides is 3. The van der Waals surface area contributed by atoms with Crippen molar-refractivity contribution in [2.24, 2.45) is 0 Å². The van der Waals surface area contributed by atoms with E-state index in [-0.39, 0.29) is 16.3 Å². The summed E-state index contributed by atoms with van der Waals surface area (Å²) in [6.45, 7) is 0. The van der Waals surface area contributed by atoms with Crippen molar-refractivity contribution in [2.75, 3.05) is 0 Å². The fourth-order valence-electron chi connectivity index (χ4n) is 1.82. The zero-order valence-corrected chi connectivity index (χ0v) is 12.0. The highest BCUT2D eigenvalue weighted by atomic mass is 35.5. The van der Waals surface area contributed by atoms with E-state index in [0.29, 0.717) is 6.20 Å². The number of rotatable bonds is 3. The van der Waals surface area contributed by atoms with Gasteiger partial charge in [-0.25, -0.2) is 4.39 Å². The molecule has 1 atom stereocenters. The molecular weight excluding hydrogens is 336 g/mol. The number of hydrogen-bond donors (Lipinski definition) is 0. The van der Waals surface area contributed by atoms with Gasteiger partial charge < -0.3 is 0 Å². The number of hydrogen-bond acceptors (Lipinski definition) is 3. The van der Waals surface area contributed by atoms with Crippen LogP contribution in [0.3, 0.4) is 0 Å². The van der Waals surface area contributed by atoms with Crippen molar-refractivity contribution in [3.05, 3.63) is 64.2 Å². The Hall–Kier alpha value is -2.46. The Morgan fingerprint density at radius 3 is 2.43 bits per heavy atom. The number of Topliss-reactive ketones (excluding diaryl/α,β-unsaturated/α-hetero) is 1. The van der Waals surface area contributed by atoms with Crippen LogP contribution in [0.4, 0.5) is 17.6 Å². The van der Waals surface area contributed by atoms with E-state index in [1.807, 2.05) is 0 Å². The summed E-state index contributed by atoms with van der Waals surface area (Å²) in [6.07, 6.45) is -4.04. The van der Waals surface area contributed by atoms with Crippen LogP contribution < -0.4 is 0 Å². The largest absolute Gasteiger partial charge is 0.417 e. The van der Waals surface area contributed by atoms with Crippen molar-refractivity contribution in [3.63, 3.8) is 0 Å². The van der Waals surface area contributed by atoms with Gasteiger partial charge in [-0.2, -0.15) is 18.4 Å². The average Bonchev–Trinajstić information content (AvgIpc) is 2.50. The Kier molecular flexibility index (Phi) is 4.66. The van der Waals surface area contributed by atoms with Crippen molar-refractivity contribution in [1.29, 1.82) is 5.26 Å². The van der Waals surface area contributed by atoms with Crippen LogP contribution >= 0.6 is 11.6 Å². The first-order chi connectivity index (χ1) is 10.7. The molecule has 1 aromatic heterocycles. The normalized spacial score (nSPS) is 12.5. The fraction of sp³-hybridized carbons (Fsp3) is 0.133. The number of aromatic nitrogens is 1. The first-order valence-corrected chi connectivity index (χ1v) is 6.54. The summed E-state index contributed by atoms with van der Waals surface area (Å²) in [5, 5.41) is 8.92. The maximum absolute atomic E-state index is 13.4. The Labute approximate surface area is 133 Å². The Balaban J connectivity index is 2.34. The second-order valence-electron chi connectivity index (χ2n) is 4.52. The Morgan fingerprint density at radius 2 is 1.96 bits per heavy atom. The lowest BCUT2D eigenvalue weighted by Crippen LogP contribution is -2.14. The topological polar surface area (TPSA) is 53.8 Å². The molecule has 1 aromatic carbocycles. The smallest absolute Gasteiger partial charge is 0.292 e. The van der Waals surface area contributed by atoms with Crippen LogP contribution in [0.2, 0.25) is 5.02 Å². The molecule has 23 heavy (non-hydrogen) atoms. The van der Waals surface area contributed by atoms with Gasteiger partial charge in [-0.15, -0.1) is 0 Å². The van der Waals surface area contributed by atoms with E-state index in [9.17, 15) is 22.4 Å². The van der Waals surface area contributed by atoms with Gasteiger partial charge in [-0.1, -0.05) is 11.6 Å². The van der Waals surface area contributed by atoms with Crippen LogP contribution in [0.15, 0.2) is 36.5 Å². The van der Waals surface area contributed by atoms with E-state index in [4.69, 9.17) is 16.9 Å². The zero-order valence-electron chi connectivity index (χ0n) is 11.2. The summed E-state index contributed by atoms with van der Waals surface area (Å²) in [4.78, 5) is 15.7. The minimum Gasteiger partial charge on any atom is -0.292 e. The summed E-state index contributed by atoms with van der Waals surface area (Å²) in [5.41, 5.74) is -1.27. The van der Waals surface area contributed by atoms with Crippen LogP contribution in [-0.4, -0.2) is 10.8 Å². The van der Waals surface area contributed by atoms with Gasteiger partial charge in [0, 0.05) is 11.8 Å². The molecule has 0 spiro atoms. The van der Waals surface area contributed by atoms with Crippen molar-refractivity contribution in [3.8, 4) is 6.07 Å². The van der Waals surface area contributed by atoms with Crippen molar-refractivity contribution in [1.82, 2.24) is 4.98 Å². The fourth-order valence-corrected chi connectivity index (χ4v) is 1.94. The molecule has 3 nitrogen and oxygen atoms in total. The maximum atomic E-state index is 13.4. The predicted molar refractivity (Wildman–Crippen MR) is 73.3 cm³/mol. The van der Waals surface area contributed by atoms with Gasteiger partial charge in [0.2, 0.25) is 0 Å². The lowest BCUT2D eigenvalue weighted by atomic mass is 9.95. The molecule has 0 saturated carbocycles. The van der Waals surface area contributed by atoms with Gasteiger partial charge in [-0.3, -0.25) is 9.78 Å². The molecule has 0 radical (unpaired) electrons. The van der Waals surface area contributed by atoms with Crippen LogP contribution in [0.1, 0.15) is 27.5 Å². The Morgan fingerprint density at radius 1 is 1.26 bits per heavy atom. The summed E-state index contributed by atoms with van der Waals surface area (Å²) < 4.78 is 50.8. The number of nitriles is 1. The predicted octanol–water partition coefficient (Wildman–Crippen LogP) is 4.38. The molecule has 0 aliphatic carbocycles. The number of nitrogens with zero attached hydrogens (tertiary/aromatic N) is 2. The molecule has 0 N–H and O–H groups in total. The molecule has 0 aliphatic heterocycles. The monoisotopic (exact) mass is 342 g/mol. The number of benzene rings is 1. The van der Waals surface area contributed by atoms with Crippen LogP contribution in [-0.2, 0) is 6.18 Å². The number of carbonyl (C=O) groups is 1. The third kappa shape index (κ3) is 3.66. The molecular formula is C15H7ClF4N2O. The molecule has 8 heteroatoms. The lowest BCUT2D eigenvalue weighted by molar-refractivity contribution is -0.137. The average molecular weight is 343 g/mol. The van der Waals surface area contributed by atoms with E-state index >= 15 is 0 Å². The molecule has 0 bridgehead atoms. The Bertz CT molecular complexity index is 782. The summed E-state index contributed by atoms with van der Waals surface area (Å²) in [5.74, 6) is -3.07. The summed E-state index contributed by atoms with van der Waals surface area (Å²) in [6, 6.07) is 6.57. The van der Waals surface area contributed by atoms with Gasteiger partial charge in [0.15, 0.2) is 11.7 Å². The molecule has 1 heterocycles. The van der Waals surface area contributed by atoms with Gasteiger partial charge in [0.25, 0.3) is 0 Å². The molecule has 0 saturated heterocycles. The molecule has 0 fully saturated rings.